The molecule has 0 saturated heterocycles. The van der Waals surface area contributed by atoms with Crippen molar-refractivity contribution in [3.8, 4) is 5.75 Å². The SMILES string of the molecule is O=C(O)Cc1ccc(NC(=O)COc2ccc([N+](=O)[O-])cc2)cc1. The zero-order valence-corrected chi connectivity index (χ0v) is 12.5. The summed E-state index contributed by atoms with van der Waals surface area (Å²) >= 11 is 0. The van der Waals surface area contributed by atoms with Crippen LogP contribution in [0.15, 0.2) is 48.5 Å². The van der Waals surface area contributed by atoms with Crippen molar-refractivity contribution in [2.75, 3.05) is 11.9 Å². The second-order valence-electron chi connectivity index (χ2n) is 4.86. The van der Waals surface area contributed by atoms with Crippen molar-refractivity contribution in [3.63, 3.8) is 0 Å². The molecule has 0 unspecified atom stereocenters. The fourth-order valence-electron chi connectivity index (χ4n) is 1.89. The number of rotatable bonds is 7. The number of nitro benzene ring substituents is 1. The number of aliphatic carboxylic acids is 1. The van der Waals surface area contributed by atoms with Gasteiger partial charge in [-0.3, -0.25) is 19.7 Å². The van der Waals surface area contributed by atoms with E-state index in [2.05, 4.69) is 5.32 Å². The first-order valence-corrected chi connectivity index (χ1v) is 6.92. The molecule has 0 aliphatic heterocycles. The Morgan fingerprint density at radius 1 is 1.08 bits per heavy atom. The third kappa shape index (κ3) is 5.09. The van der Waals surface area contributed by atoms with Gasteiger partial charge in [-0.2, -0.15) is 0 Å². The summed E-state index contributed by atoms with van der Waals surface area (Å²) in [6, 6.07) is 11.8. The van der Waals surface area contributed by atoms with Crippen LogP contribution >= 0.6 is 0 Å². The molecule has 0 aliphatic carbocycles. The molecule has 1 amide bonds. The number of carbonyl (C=O) groups excluding carboxylic acids is 1. The predicted octanol–water partition coefficient (Wildman–Crippen LogP) is 2.24. The van der Waals surface area contributed by atoms with E-state index >= 15 is 0 Å². The molecule has 0 heterocycles. The summed E-state index contributed by atoms with van der Waals surface area (Å²) in [6.45, 7) is -0.255. The summed E-state index contributed by atoms with van der Waals surface area (Å²) in [5.74, 6) is -0.991. The van der Waals surface area contributed by atoms with E-state index < -0.39 is 16.8 Å². The highest BCUT2D eigenvalue weighted by atomic mass is 16.6. The maximum absolute atomic E-state index is 11.8. The number of anilines is 1. The number of carboxylic acid groups (broad SMARTS) is 1. The molecule has 0 fully saturated rings. The summed E-state index contributed by atoms with van der Waals surface area (Å²) in [4.78, 5) is 32.4. The maximum Gasteiger partial charge on any atom is 0.307 e. The number of ether oxygens (including phenoxy) is 1. The molecule has 2 rings (SSSR count). The summed E-state index contributed by atoms with van der Waals surface area (Å²) in [6.07, 6.45) is -0.0858. The Bertz CT molecular complexity index is 740. The van der Waals surface area contributed by atoms with Crippen LogP contribution in [0.3, 0.4) is 0 Å². The second kappa shape index (κ2) is 7.73. The average Bonchev–Trinajstić information content (AvgIpc) is 2.54. The van der Waals surface area contributed by atoms with Gasteiger partial charge in [0, 0.05) is 17.8 Å². The van der Waals surface area contributed by atoms with E-state index in [0.717, 1.165) is 0 Å². The highest BCUT2D eigenvalue weighted by molar-refractivity contribution is 5.91. The third-order valence-electron chi connectivity index (χ3n) is 3.01. The highest BCUT2D eigenvalue weighted by Gasteiger charge is 2.07. The van der Waals surface area contributed by atoms with Gasteiger partial charge in [-0.05, 0) is 29.8 Å². The van der Waals surface area contributed by atoms with Gasteiger partial charge in [0.1, 0.15) is 5.75 Å². The van der Waals surface area contributed by atoms with E-state index in [0.29, 0.717) is 17.0 Å². The van der Waals surface area contributed by atoms with Gasteiger partial charge in [-0.25, -0.2) is 0 Å². The van der Waals surface area contributed by atoms with Crippen molar-refractivity contribution < 1.29 is 24.4 Å². The predicted molar refractivity (Wildman–Crippen MR) is 85.0 cm³/mol. The minimum atomic E-state index is -0.928. The Hall–Kier alpha value is -3.42. The van der Waals surface area contributed by atoms with Crippen LogP contribution < -0.4 is 10.1 Å². The Labute approximate surface area is 136 Å². The molecule has 8 heteroatoms. The molecule has 2 aromatic rings. The maximum atomic E-state index is 11.8. The molecule has 8 nitrogen and oxygen atoms in total. The standard InChI is InChI=1S/C16H14N2O6/c19-15(10-24-14-7-5-13(6-8-14)18(22)23)17-12-3-1-11(2-4-12)9-16(20)21/h1-8H,9-10H2,(H,17,19)(H,20,21). The van der Waals surface area contributed by atoms with Crippen LogP contribution in [0.4, 0.5) is 11.4 Å². The Kier molecular flexibility index (Phi) is 5.45. The Morgan fingerprint density at radius 2 is 1.71 bits per heavy atom. The first kappa shape index (κ1) is 16.9. The molecular formula is C16H14N2O6. The molecule has 0 bridgehead atoms. The highest BCUT2D eigenvalue weighted by Crippen LogP contribution is 2.17. The topological polar surface area (TPSA) is 119 Å². The Morgan fingerprint density at radius 3 is 2.25 bits per heavy atom. The van der Waals surface area contributed by atoms with Crippen molar-refractivity contribution in [3.05, 3.63) is 64.2 Å². The van der Waals surface area contributed by atoms with Gasteiger partial charge in [0.25, 0.3) is 11.6 Å². The zero-order chi connectivity index (χ0) is 17.5. The lowest BCUT2D eigenvalue weighted by Gasteiger charge is -2.08. The lowest BCUT2D eigenvalue weighted by atomic mass is 10.1. The summed E-state index contributed by atoms with van der Waals surface area (Å²) < 4.78 is 5.24. The quantitative estimate of drug-likeness (QED) is 0.593. The minimum absolute atomic E-state index is 0.0618. The van der Waals surface area contributed by atoms with Gasteiger partial charge in [-0.1, -0.05) is 12.1 Å². The molecule has 0 spiro atoms. The number of amides is 1. The van der Waals surface area contributed by atoms with Crippen molar-refractivity contribution in [1.29, 1.82) is 0 Å². The van der Waals surface area contributed by atoms with E-state index in [1.807, 2.05) is 0 Å². The first-order valence-electron chi connectivity index (χ1n) is 6.92. The van der Waals surface area contributed by atoms with Crippen LogP contribution in [-0.4, -0.2) is 28.5 Å². The first-order chi connectivity index (χ1) is 11.4. The fourth-order valence-corrected chi connectivity index (χ4v) is 1.89. The third-order valence-corrected chi connectivity index (χ3v) is 3.01. The monoisotopic (exact) mass is 330 g/mol. The zero-order valence-electron chi connectivity index (χ0n) is 12.5. The molecule has 0 aromatic heterocycles. The lowest BCUT2D eigenvalue weighted by molar-refractivity contribution is -0.384. The summed E-state index contributed by atoms with van der Waals surface area (Å²) in [5, 5.41) is 21.8. The number of hydrogen-bond donors (Lipinski definition) is 2. The molecule has 0 saturated carbocycles. The number of carbonyl (C=O) groups is 2. The van der Waals surface area contributed by atoms with Gasteiger partial charge in [-0.15, -0.1) is 0 Å². The van der Waals surface area contributed by atoms with Gasteiger partial charge in [0.15, 0.2) is 6.61 Å². The van der Waals surface area contributed by atoms with Crippen LogP contribution in [-0.2, 0) is 16.0 Å². The van der Waals surface area contributed by atoms with Crippen molar-refractivity contribution in [2.24, 2.45) is 0 Å². The normalized spacial score (nSPS) is 10.0. The molecule has 24 heavy (non-hydrogen) atoms. The molecule has 0 aliphatic rings. The van der Waals surface area contributed by atoms with Crippen LogP contribution in [0, 0.1) is 10.1 Å². The van der Waals surface area contributed by atoms with Crippen LogP contribution in [0.1, 0.15) is 5.56 Å². The number of benzene rings is 2. The number of non-ortho nitro benzene ring substituents is 1. The van der Waals surface area contributed by atoms with Crippen LogP contribution in [0.2, 0.25) is 0 Å². The number of nitro groups is 1. The second-order valence-corrected chi connectivity index (χ2v) is 4.86. The van der Waals surface area contributed by atoms with Crippen molar-refractivity contribution >= 4 is 23.3 Å². The van der Waals surface area contributed by atoms with Gasteiger partial charge < -0.3 is 15.2 Å². The number of nitrogens with zero attached hydrogens (tertiary/aromatic N) is 1. The van der Waals surface area contributed by atoms with Crippen LogP contribution in [0.5, 0.6) is 5.75 Å². The summed E-state index contributed by atoms with van der Waals surface area (Å²) in [5.41, 5.74) is 1.08. The molecule has 2 aromatic carbocycles. The van der Waals surface area contributed by atoms with E-state index in [-0.39, 0.29) is 18.7 Å². The van der Waals surface area contributed by atoms with E-state index in [9.17, 15) is 19.7 Å². The number of carboxylic acids is 1. The molecule has 124 valence electrons. The van der Waals surface area contributed by atoms with E-state index in [1.165, 1.54) is 24.3 Å². The largest absolute Gasteiger partial charge is 0.484 e. The van der Waals surface area contributed by atoms with E-state index in [4.69, 9.17) is 9.84 Å². The van der Waals surface area contributed by atoms with Gasteiger partial charge in [0.2, 0.25) is 0 Å². The average molecular weight is 330 g/mol. The molecule has 2 N–H and O–H groups in total. The minimum Gasteiger partial charge on any atom is -0.484 e. The number of nitrogens with one attached hydrogen (secondary N) is 1. The summed E-state index contributed by atoms with van der Waals surface area (Å²) in [7, 11) is 0. The van der Waals surface area contributed by atoms with Gasteiger partial charge in [0.05, 0.1) is 11.3 Å². The molecular weight excluding hydrogens is 316 g/mol. The van der Waals surface area contributed by atoms with E-state index in [1.54, 1.807) is 24.3 Å². The van der Waals surface area contributed by atoms with Crippen molar-refractivity contribution in [2.45, 2.75) is 6.42 Å². The van der Waals surface area contributed by atoms with Crippen molar-refractivity contribution in [1.82, 2.24) is 0 Å². The van der Waals surface area contributed by atoms with Gasteiger partial charge >= 0.3 is 5.97 Å². The number of hydrogen-bond acceptors (Lipinski definition) is 5. The molecule has 0 atom stereocenters. The smallest absolute Gasteiger partial charge is 0.307 e. The molecule has 0 radical (unpaired) electrons. The Balaban J connectivity index is 1.84. The van der Waals surface area contributed by atoms with Crippen LogP contribution in [0.25, 0.3) is 0 Å². The fraction of sp³-hybridized carbons (Fsp3) is 0.125. The lowest BCUT2D eigenvalue weighted by Crippen LogP contribution is -2.20.